The highest BCUT2D eigenvalue weighted by molar-refractivity contribution is 5.21. The van der Waals surface area contributed by atoms with Crippen molar-refractivity contribution < 1.29 is 13.5 Å². The van der Waals surface area contributed by atoms with Gasteiger partial charge in [-0.05, 0) is 61.6 Å². The van der Waals surface area contributed by atoms with E-state index in [1.807, 2.05) is 10.7 Å². The standard InChI is InChI=1S/C21H26F2N2O/c1-2-3-19-11-21(26-13-17-10-18(22)6-7-20(17)23)25(24-19)12-16-9-14-4-5-15(16)8-14/h6-7,10-11,14-16H,2-5,8-9,12-13H2,1H3. The second kappa shape index (κ2) is 7.37. The first-order valence-electron chi connectivity index (χ1n) is 9.75. The van der Waals surface area contributed by atoms with Gasteiger partial charge < -0.3 is 4.74 Å². The lowest BCUT2D eigenvalue weighted by Crippen LogP contribution is -2.19. The van der Waals surface area contributed by atoms with Gasteiger partial charge in [-0.2, -0.15) is 5.10 Å². The fourth-order valence-corrected chi connectivity index (χ4v) is 4.70. The summed E-state index contributed by atoms with van der Waals surface area (Å²) in [4.78, 5) is 0. The molecule has 5 heteroatoms. The van der Waals surface area contributed by atoms with Crippen LogP contribution in [0.2, 0.25) is 0 Å². The molecule has 26 heavy (non-hydrogen) atoms. The van der Waals surface area contributed by atoms with Crippen LogP contribution < -0.4 is 4.74 Å². The van der Waals surface area contributed by atoms with E-state index in [9.17, 15) is 8.78 Å². The highest BCUT2D eigenvalue weighted by Crippen LogP contribution is 2.49. The number of aryl methyl sites for hydroxylation is 1. The van der Waals surface area contributed by atoms with E-state index < -0.39 is 11.6 Å². The highest BCUT2D eigenvalue weighted by atomic mass is 19.1. The molecule has 0 saturated heterocycles. The smallest absolute Gasteiger partial charge is 0.212 e. The first kappa shape index (κ1) is 17.5. The van der Waals surface area contributed by atoms with Gasteiger partial charge >= 0.3 is 0 Å². The molecule has 2 saturated carbocycles. The molecule has 0 aliphatic heterocycles. The van der Waals surface area contributed by atoms with Gasteiger partial charge in [0.1, 0.15) is 18.2 Å². The quantitative estimate of drug-likeness (QED) is 0.684. The molecule has 2 aliphatic carbocycles. The number of aromatic nitrogens is 2. The third-order valence-electron chi connectivity index (χ3n) is 5.98. The summed E-state index contributed by atoms with van der Waals surface area (Å²) >= 11 is 0. The van der Waals surface area contributed by atoms with Crippen molar-refractivity contribution in [2.24, 2.45) is 17.8 Å². The summed E-state index contributed by atoms with van der Waals surface area (Å²) in [6, 6.07) is 5.41. The molecule has 1 aromatic carbocycles. The van der Waals surface area contributed by atoms with Gasteiger partial charge in [-0.15, -0.1) is 0 Å². The van der Waals surface area contributed by atoms with Crippen molar-refractivity contribution in [3.63, 3.8) is 0 Å². The summed E-state index contributed by atoms with van der Waals surface area (Å²) in [6.45, 7) is 3.00. The van der Waals surface area contributed by atoms with E-state index in [1.165, 1.54) is 31.7 Å². The molecule has 4 rings (SSSR count). The van der Waals surface area contributed by atoms with Gasteiger partial charge in [-0.25, -0.2) is 13.5 Å². The zero-order chi connectivity index (χ0) is 18.1. The average Bonchev–Trinajstić information content (AvgIpc) is 3.32. The van der Waals surface area contributed by atoms with Crippen LogP contribution in [-0.4, -0.2) is 9.78 Å². The maximum atomic E-state index is 13.9. The molecular weight excluding hydrogens is 334 g/mol. The molecule has 2 bridgehead atoms. The number of hydrogen-bond acceptors (Lipinski definition) is 2. The number of fused-ring (bicyclic) bond motifs is 2. The molecule has 2 fully saturated rings. The molecule has 2 aromatic rings. The number of ether oxygens (including phenoxy) is 1. The van der Waals surface area contributed by atoms with E-state index in [0.717, 1.165) is 49.0 Å². The number of halogens is 2. The van der Waals surface area contributed by atoms with Gasteiger partial charge in [0, 0.05) is 18.2 Å². The molecule has 140 valence electrons. The van der Waals surface area contributed by atoms with Crippen LogP contribution in [0.15, 0.2) is 24.3 Å². The van der Waals surface area contributed by atoms with Crippen LogP contribution in [-0.2, 0) is 19.6 Å². The van der Waals surface area contributed by atoms with Gasteiger partial charge in [-0.3, -0.25) is 0 Å². The van der Waals surface area contributed by atoms with Crippen LogP contribution in [0, 0.1) is 29.4 Å². The van der Waals surface area contributed by atoms with Crippen LogP contribution in [0.1, 0.15) is 50.3 Å². The Morgan fingerprint density at radius 3 is 2.81 bits per heavy atom. The Morgan fingerprint density at radius 2 is 2.08 bits per heavy atom. The van der Waals surface area contributed by atoms with Crippen molar-refractivity contribution in [2.75, 3.05) is 0 Å². The van der Waals surface area contributed by atoms with Crippen molar-refractivity contribution in [1.29, 1.82) is 0 Å². The maximum Gasteiger partial charge on any atom is 0.212 e. The lowest BCUT2D eigenvalue weighted by atomic mass is 9.89. The largest absolute Gasteiger partial charge is 0.473 e. The molecule has 2 aliphatic rings. The summed E-state index contributed by atoms with van der Waals surface area (Å²) in [5.74, 6) is 2.14. The second-order valence-electron chi connectivity index (χ2n) is 7.87. The minimum atomic E-state index is -0.452. The summed E-state index contributed by atoms with van der Waals surface area (Å²) in [6.07, 6.45) is 7.27. The van der Waals surface area contributed by atoms with E-state index in [-0.39, 0.29) is 12.2 Å². The SMILES string of the molecule is CCCc1cc(OCc2cc(F)ccc2F)n(CC2CC3CCC2C3)n1. The van der Waals surface area contributed by atoms with Crippen LogP contribution in [0.4, 0.5) is 8.78 Å². The van der Waals surface area contributed by atoms with E-state index in [0.29, 0.717) is 11.8 Å². The van der Waals surface area contributed by atoms with Crippen LogP contribution in [0.25, 0.3) is 0 Å². The minimum absolute atomic E-state index is 0.0115. The predicted octanol–water partition coefficient (Wildman–Crippen LogP) is 5.13. The molecule has 3 nitrogen and oxygen atoms in total. The van der Waals surface area contributed by atoms with Crippen molar-refractivity contribution in [1.82, 2.24) is 9.78 Å². The molecule has 3 atom stereocenters. The highest BCUT2D eigenvalue weighted by Gasteiger charge is 2.39. The average molecular weight is 360 g/mol. The Bertz CT molecular complexity index is 773. The molecule has 0 N–H and O–H groups in total. The summed E-state index contributed by atoms with van der Waals surface area (Å²) in [7, 11) is 0. The number of hydrogen-bond donors (Lipinski definition) is 0. The minimum Gasteiger partial charge on any atom is -0.473 e. The van der Waals surface area contributed by atoms with Crippen LogP contribution in [0.3, 0.4) is 0 Å². The summed E-state index contributed by atoms with van der Waals surface area (Å²) in [5, 5.41) is 4.72. The third-order valence-corrected chi connectivity index (χ3v) is 5.98. The van der Waals surface area contributed by atoms with Crippen molar-refractivity contribution >= 4 is 0 Å². The van der Waals surface area contributed by atoms with E-state index >= 15 is 0 Å². The van der Waals surface area contributed by atoms with E-state index in [1.54, 1.807) is 0 Å². The summed E-state index contributed by atoms with van der Waals surface area (Å²) in [5.41, 5.74) is 1.24. The lowest BCUT2D eigenvalue weighted by Gasteiger charge is -2.22. The topological polar surface area (TPSA) is 27.1 Å². The first-order chi connectivity index (χ1) is 12.6. The lowest BCUT2D eigenvalue weighted by molar-refractivity contribution is 0.234. The van der Waals surface area contributed by atoms with Crippen molar-refractivity contribution in [3.8, 4) is 5.88 Å². The number of benzene rings is 1. The predicted molar refractivity (Wildman–Crippen MR) is 95.9 cm³/mol. The fourth-order valence-electron chi connectivity index (χ4n) is 4.70. The molecule has 0 spiro atoms. The number of rotatable bonds is 7. The van der Waals surface area contributed by atoms with Gasteiger partial charge in [0.15, 0.2) is 0 Å². The Morgan fingerprint density at radius 1 is 1.19 bits per heavy atom. The molecule has 1 aromatic heterocycles. The van der Waals surface area contributed by atoms with Crippen molar-refractivity contribution in [2.45, 2.75) is 58.6 Å². The normalized spacial score (nSPS) is 24.3. The van der Waals surface area contributed by atoms with E-state index in [4.69, 9.17) is 9.84 Å². The van der Waals surface area contributed by atoms with E-state index in [2.05, 4.69) is 6.92 Å². The zero-order valence-corrected chi connectivity index (χ0v) is 15.3. The van der Waals surface area contributed by atoms with Gasteiger partial charge in [0.2, 0.25) is 5.88 Å². The zero-order valence-electron chi connectivity index (χ0n) is 15.3. The molecule has 0 amide bonds. The Hall–Kier alpha value is -1.91. The Labute approximate surface area is 153 Å². The van der Waals surface area contributed by atoms with Crippen molar-refractivity contribution in [3.05, 3.63) is 47.2 Å². The molecule has 1 heterocycles. The summed E-state index contributed by atoms with van der Waals surface area (Å²) < 4.78 is 35.1. The van der Waals surface area contributed by atoms with Gasteiger partial charge in [-0.1, -0.05) is 19.8 Å². The van der Waals surface area contributed by atoms with Crippen LogP contribution >= 0.6 is 0 Å². The monoisotopic (exact) mass is 360 g/mol. The molecule has 3 unspecified atom stereocenters. The Kier molecular flexibility index (Phi) is 4.96. The van der Waals surface area contributed by atoms with Gasteiger partial charge in [0.05, 0.1) is 5.69 Å². The number of nitrogens with zero attached hydrogens (tertiary/aromatic N) is 2. The third kappa shape index (κ3) is 3.62. The second-order valence-corrected chi connectivity index (χ2v) is 7.87. The first-order valence-corrected chi connectivity index (χ1v) is 9.75. The molecule has 0 radical (unpaired) electrons. The maximum absolute atomic E-state index is 13.9. The molecular formula is C21H26F2N2O. The van der Waals surface area contributed by atoms with Gasteiger partial charge in [0.25, 0.3) is 0 Å². The van der Waals surface area contributed by atoms with Crippen LogP contribution in [0.5, 0.6) is 5.88 Å². The fraction of sp³-hybridized carbons (Fsp3) is 0.571. The Balaban J connectivity index is 1.49.